The molecule has 0 atom stereocenters. The second-order valence-electron chi connectivity index (χ2n) is 10.1. The van der Waals surface area contributed by atoms with E-state index >= 15 is 0 Å². The van der Waals surface area contributed by atoms with Gasteiger partial charge in [0.05, 0.1) is 16.7 Å². The molecule has 0 N–H and O–H groups in total. The molecule has 0 saturated heterocycles. The van der Waals surface area contributed by atoms with E-state index in [2.05, 4.69) is 137 Å². The normalized spacial score (nSPS) is 12.0. The molecular weight excluding hydrogens is 474 g/mol. The molecule has 3 nitrogen and oxygen atoms in total. The molecule has 0 fully saturated rings. The molecular formula is C36H25N3. The van der Waals surface area contributed by atoms with Gasteiger partial charge in [-0.3, -0.25) is 4.90 Å². The van der Waals surface area contributed by atoms with E-state index in [9.17, 15) is 0 Å². The lowest BCUT2D eigenvalue weighted by molar-refractivity contribution is 1.12. The molecule has 2 aromatic heterocycles. The van der Waals surface area contributed by atoms with E-state index in [4.69, 9.17) is 4.98 Å². The van der Waals surface area contributed by atoms with E-state index in [0.717, 1.165) is 29.3 Å². The topological polar surface area (TPSA) is 21.1 Å². The van der Waals surface area contributed by atoms with Crippen molar-refractivity contribution in [1.29, 1.82) is 0 Å². The lowest BCUT2D eigenvalue weighted by atomic mass is 10.0. The molecule has 0 saturated carbocycles. The molecule has 0 unspecified atom stereocenters. The van der Waals surface area contributed by atoms with Crippen LogP contribution in [0, 0.1) is 0 Å². The Bertz CT molecular complexity index is 1890. The van der Waals surface area contributed by atoms with Crippen LogP contribution in [0.2, 0.25) is 0 Å². The molecule has 1 aliphatic carbocycles. The number of anilines is 3. The van der Waals surface area contributed by atoms with Gasteiger partial charge >= 0.3 is 0 Å². The van der Waals surface area contributed by atoms with E-state index in [1.165, 1.54) is 44.1 Å². The van der Waals surface area contributed by atoms with Crippen molar-refractivity contribution in [2.45, 2.75) is 6.42 Å². The van der Waals surface area contributed by atoms with E-state index in [0.29, 0.717) is 0 Å². The first-order valence-electron chi connectivity index (χ1n) is 13.4. The van der Waals surface area contributed by atoms with E-state index < -0.39 is 0 Å². The molecule has 7 aromatic rings. The maximum Gasteiger partial charge on any atom is 0.137 e. The number of para-hydroxylation sites is 3. The molecule has 8 rings (SSSR count). The van der Waals surface area contributed by atoms with Gasteiger partial charge in [-0.2, -0.15) is 0 Å². The van der Waals surface area contributed by atoms with Gasteiger partial charge < -0.3 is 4.57 Å². The highest BCUT2D eigenvalue weighted by atomic mass is 15.2. The summed E-state index contributed by atoms with van der Waals surface area (Å²) in [4.78, 5) is 7.13. The fourth-order valence-corrected chi connectivity index (χ4v) is 6.18. The molecule has 0 radical (unpaired) electrons. The largest absolute Gasteiger partial charge is 0.309 e. The molecule has 3 heteroatoms. The predicted octanol–water partition coefficient (Wildman–Crippen LogP) is 9.22. The van der Waals surface area contributed by atoms with Crippen molar-refractivity contribution in [3.8, 4) is 16.8 Å². The van der Waals surface area contributed by atoms with Gasteiger partial charge in [0.15, 0.2) is 0 Å². The monoisotopic (exact) mass is 499 g/mol. The summed E-state index contributed by atoms with van der Waals surface area (Å²) in [5.41, 5.74) is 11.1. The third kappa shape index (κ3) is 3.40. The van der Waals surface area contributed by atoms with Crippen LogP contribution in [0.3, 0.4) is 0 Å². The Morgan fingerprint density at radius 3 is 2.00 bits per heavy atom. The van der Waals surface area contributed by atoms with Gasteiger partial charge in [-0.25, -0.2) is 4.98 Å². The van der Waals surface area contributed by atoms with Crippen LogP contribution in [-0.2, 0) is 6.42 Å². The van der Waals surface area contributed by atoms with Gasteiger partial charge in [0.25, 0.3) is 0 Å². The van der Waals surface area contributed by atoms with Crippen molar-refractivity contribution < 1.29 is 0 Å². The Labute approximate surface area is 227 Å². The van der Waals surface area contributed by atoms with Crippen LogP contribution >= 0.6 is 0 Å². The quantitative estimate of drug-likeness (QED) is 0.241. The SMILES string of the molecule is c1ccc(N(c2ccccn2)c2cc(-n3c4ccccc4c4ccccc43)cc3c2Cc2ccccc2-3)cc1. The van der Waals surface area contributed by atoms with Crippen LogP contribution in [0.25, 0.3) is 38.6 Å². The summed E-state index contributed by atoms with van der Waals surface area (Å²) < 4.78 is 2.41. The molecule has 2 heterocycles. The maximum atomic E-state index is 4.82. The molecule has 5 aromatic carbocycles. The van der Waals surface area contributed by atoms with Gasteiger partial charge in [0.1, 0.15) is 5.82 Å². The predicted molar refractivity (Wildman–Crippen MR) is 162 cm³/mol. The van der Waals surface area contributed by atoms with E-state index in [1.807, 2.05) is 12.3 Å². The summed E-state index contributed by atoms with van der Waals surface area (Å²) in [6.45, 7) is 0. The van der Waals surface area contributed by atoms with E-state index in [1.54, 1.807) is 0 Å². The van der Waals surface area contributed by atoms with Gasteiger partial charge in [-0.15, -0.1) is 0 Å². The zero-order chi connectivity index (χ0) is 25.8. The standard InChI is InChI=1S/C36H25N3/c1-2-13-26(14-3-1)39(36-20-10-11-21-37-36)35-24-27(23-31-28-15-5-4-12-25(28)22-32(31)35)38-33-18-8-6-16-29(33)30-17-7-9-19-34(30)38/h1-21,23-24H,22H2. The number of hydrogen-bond donors (Lipinski definition) is 0. The summed E-state index contributed by atoms with van der Waals surface area (Å²) >= 11 is 0. The lowest BCUT2D eigenvalue weighted by Crippen LogP contribution is -2.14. The van der Waals surface area contributed by atoms with Crippen LogP contribution in [0.5, 0.6) is 0 Å². The average molecular weight is 500 g/mol. The fourth-order valence-electron chi connectivity index (χ4n) is 6.18. The summed E-state index contributed by atoms with van der Waals surface area (Å²) in [7, 11) is 0. The Morgan fingerprint density at radius 1 is 0.590 bits per heavy atom. The number of pyridine rings is 1. The lowest BCUT2D eigenvalue weighted by Gasteiger charge is -2.27. The number of benzene rings is 5. The number of aromatic nitrogens is 2. The summed E-state index contributed by atoms with van der Waals surface area (Å²) in [6.07, 6.45) is 2.77. The molecule has 0 bridgehead atoms. The van der Waals surface area contributed by atoms with Gasteiger partial charge in [0, 0.05) is 34.8 Å². The minimum Gasteiger partial charge on any atom is -0.309 e. The Kier molecular flexibility index (Phi) is 4.89. The highest BCUT2D eigenvalue weighted by Gasteiger charge is 2.27. The summed E-state index contributed by atoms with van der Waals surface area (Å²) in [5, 5.41) is 2.53. The smallest absolute Gasteiger partial charge is 0.137 e. The molecule has 39 heavy (non-hydrogen) atoms. The van der Waals surface area contributed by atoms with Crippen molar-refractivity contribution in [3.05, 3.63) is 151 Å². The van der Waals surface area contributed by atoms with Gasteiger partial charge in [0.2, 0.25) is 0 Å². The van der Waals surface area contributed by atoms with Crippen molar-refractivity contribution in [2.24, 2.45) is 0 Å². The number of fused-ring (bicyclic) bond motifs is 6. The molecule has 184 valence electrons. The minimum atomic E-state index is 0.893. The van der Waals surface area contributed by atoms with Crippen LogP contribution in [-0.4, -0.2) is 9.55 Å². The molecule has 0 aliphatic heterocycles. The number of rotatable bonds is 4. The Morgan fingerprint density at radius 2 is 1.26 bits per heavy atom. The minimum absolute atomic E-state index is 0.893. The first kappa shape index (κ1) is 21.9. The number of nitrogens with zero attached hydrogens (tertiary/aromatic N) is 3. The van der Waals surface area contributed by atoms with Crippen LogP contribution in [0.1, 0.15) is 11.1 Å². The average Bonchev–Trinajstić information content (AvgIpc) is 3.54. The second kappa shape index (κ2) is 8.71. The van der Waals surface area contributed by atoms with Crippen molar-refractivity contribution in [2.75, 3.05) is 4.90 Å². The zero-order valence-electron chi connectivity index (χ0n) is 21.3. The van der Waals surface area contributed by atoms with Gasteiger partial charge in [-0.1, -0.05) is 84.9 Å². The van der Waals surface area contributed by atoms with E-state index in [-0.39, 0.29) is 0 Å². The third-order valence-electron chi connectivity index (χ3n) is 7.86. The first-order chi connectivity index (χ1) is 19.4. The van der Waals surface area contributed by atoms with Crippen LogP contribution in [0.4, 0.5) is 17.2 Å². The zero-order valence-corrected chi connectivity index (χ0v) is 21.3. The van der Waals surface area contributed by atoms with Crippen LogP contribution < -0.4 is 4.90 Å². The highest BCUT2D eigenvalue weighted by Crippen LogP contribution is 2.47. The second-order valence-corrected chi connectivity index (χ2v) is 10.1. The first-order valence-corrected chi connectivity index (χ1v) is 13.4. The third-order valence-corrected chi connectivity index (χ3v) is 7.86. The van der Waals surface area contributed by atoms with Crippen LogP contribution in [0.15, 0.2) is 140 Å². The number of hydrogen-bond acceptors (Lipinski definition) is 2. The summed E-state index contributed by atoms with van der Waals surface area (Å²) in [5.74, 6) is 0.904. The molecule has 0 spiro atoms. The highest BCUT2D eigenvalue weighted by molar-refractivity contribution is 6.09. The van der Waals surface area contributed by atoms with Crippen molar-refractivity contribution in [3.63, 3.8) is 0 Å². The molecule has 1 aliphatic rings. The maximum absolute atomic E-state index is 4.82. The Balaban J connectivity index is 1.48. The Hall–Kier alpha value is -5.15. The van der Waals surface area contributed by atoms with Crippen molar-refractivity contribution >= 4 is 39.0 Å². The van der Waals surface area contributed by atoms with Crippen molar-refractivity contribution in [1.82, 2.24) is 9.55 Å². The molecule has 0 amide bonds. The summed E-state index contributed by atoms with van der Waals surface area (Å²) in [6, 6.07) is 47.7. The fraction of sp³-hybridized carbons (Fsp3) is 0.0278. The van der Waals surface area contributed by atoms with Gasteiger partial charge in [-0.05, 0) is 70.8 Å².